The first-order valence-electron chi connectivity index (χ1n) is 5.33. The van der Waals surface area contributed by atoms with Gasteiger partial charge < -0.3 is 10.5 Å². The lowest BCUT2D eigenvalue weighted by Gasteiger charge is -2.04. The van der Waals surface area contributed by atoms with Gasteiger partial charge in [-0.05, 0) is 30.5 Å². The molecule has 0 atom stereocenters. The molecule has 88 valence electrons. The molecule has 3 nitrogen and oxygen atoms in total. The number of amidine groups is 1. The van der Waals surface area contributed by atoms with Crippen molar-refractivity contribution < 1.29 is 4.74 Å². The van der Waals surface area contributed by atoms with Crippen LogP contribution in [0.1, 0.15) is 24.8 Å². The van der Waals surface area contributed by atoms with Crippen molar-refractivity contribution in [3.8, 4) is 0 Å². The number of benzene rings is 1. The zero-order chi connectivity index (χ0) is 11.8. The highest BCUT2D eigenvalue weighted by molar-refractivity contribution is 6.30. The Kier molecular flexibility index (Phi) is 5.90. The molecular formula is C12H17ClN2O. The van der Waals surface area contributed by atoms with Crippen LogP contribution in [-0.2, 0) is 11.3 Å². The van der Waals surface area contributed by atoms with Crippen LogP contribution in [0.3, 0.4) is 0 Å². The molecule has 0 aromatic heterocycles. The maximum Gasteiger partial charge on any atom is 0.0905 e. The summed E-state index contributed by atoms with van der Waals surface area (Å²) in [7, 11) is 0. The fraction of sp³-hybridized carbons (Fsp3) is 0.417. The summed E-state index contributed by atoms with van der Waals surface area (Å²) in [6, 6.07) is 7.63. The lowest BCUT2D eigenvalue weighted by molar-refractivity contribution is 0.117. The van der Waals surface area contributed by atoms with E-state index in [0.29, 0.717) is 19.6 Å². The number of ether oxygens (including phenoxy) is 1. The van der Waals surface area contributed by atoms with E-state index in [4.69, 9.17) is 27.5 Å². The van der Waals surface area contributed by atoms with Gasteiger partial charge >= 0.3 is 0 Å². The number of unbranched alkanes of at least 4 members (excludes halogenated alkanes) is 1. The number of hydrogen-bond acceptors (Lipinski definition) is 2. The van der Waals surface area contributed by atoms with E-state index in [1.165, 1.54) is 0 Å². The summed E-state index contributed by atoms with van der Waals surface area (Å²) in [5, 5.41) is 7.79. The molecule has 0 unspecified atom stereocenters. The van der Waals surface area contributed by atoms with Crippen molar-refractivity contribution in [2.75, 3.05) is 6.61 Å². The molecule has 0 heterocycles. The monoisotopic (exact) mass is 240 g/mol. The molecule has 16 heavy (non-hydrogen) atoms. The summed E-state index contributed by atoms with van der Waals surface area (Å²) < 4.78 is 5.49. The first kappa shape index (κ1) is 13.0. The van der Waals surface area contributed by atoms with Gasteiger partial charge in [-0.3, -0.25) is 5.41 Å². The predicted octanol–water partition coefficient (Wildman–Crippen LogP) is 2.96. The second-order valence-corrected chi connectivity index (χ2v) is 4.10. The Hall–Kier alpha value is -1.06. The quantitative estimate of drug-likeness (QED) is 0.437. The van der Waals surface area contributed by atoms with Gasteiger partial charge in [0.1, 0.15) is 0 Å². The fourth-order valence-corrected chi connectivity index (χ4v) is 1.42. The molecule has 0 saturated heterocycles. The molecule has 0 spiro atoms. The third-order valence-corrected chi connectivity index (χ3v) is 2.42. The maximum absolute atomic E-state index is 7.05. The Morgan fingerprint density at radius 1 is 1.25 bits per heavy atom. The standard InChI is InChI=1S/C12H17ClN2O/c13-11-6-4-10(5-7-11)9-16-8-2-1-3-12(14)15/h4-7H,1-3,8-9H2,(H3,14,15). The molecule has 0 fully saturated rings. The first-order valence-corrected chi connectivity index (χ1v) is 5.71. The minimum absolute atomic E-state index is 0.248. The van der Waals surface area contributed by atoms with Crippen LogP contribution in [0, 0.1) is 5.41 Å². The van der Waals surface area contributed by atoms with Gasteiger partial charge in [0.05, 0.1) is 12.4 Å². The average Bonchev–Trinajstić information content (AvgIpc) is 2.25. The first-order chi connectivity index (χ1) is 7.68. The van der Waals surface area contributed by atoms with Gasteiger partial charge in [-0.25, -0.2) is 0 Å². The van der Waals surface area contributed by atoms with E-state index in [1.54, 1.807) is 0 Å². The third-order valence-electron chi connectivity index (χ3n) is 2.17. The molecule has 4 heteroatoms. The number of hydrogen-bond donors (Lipinski definition) is 2. The lowest BCUT2D eigenvalue weighted by Crippen LogP contribution is -2.09. The van der Waals surface area contributed by atoms with Crippen LogP contribution in [0.4, 0.5) is 0 Å². The van der Waals surface area contributed by atoms with Crippen LogP contribution in [0.25, 0.3) is 0 Å². The molecule has 0 amide bonds. The van der Waals surface area contributed by atoms with Gasteiger partial charge in [0.25, 0.3) is 0 Å². The van der Waals surface area contributed by atoms with Crippen LogP contribution in [-0.4, -0.2) is 12.4 Å². The second-order valence-electron chi connectivity index (χ2n) is 3.66. The SMILES string of the molecule is N=C(N)CCCCOCc1ccc(Cl)cc1. The highest BCUT2D eigenvalue weighted by Crippen LogP contribution is 2.10. The van der Waals surface area contributed by atoms with Crippen molar-refractivity contribution in [1.82, 2.24) is 0 Å². The van der Waals surface area contributed by atoms with E-state index >= 15 is 0 Å². The van der Waals surface area contributed by atoms with Gasteiger partial charge in [-0.15, -0.1) is 0 Å². The Morgan fingerprint density at radius 3 is 2.56 bits per heavy atom. The van der Waals surface area contributed by atoms with Crippen LogP contribution in [0.5, 0.6) is 0 Å². The summed E-state index contributed by atoms with van der Waals surface area (Å²) in [6.45, 7) is 1.31. The van der Waals surface area contributed by atoms with Crippen LogP contribution < -0.4 is 5.73 Å². The topological polar surface area (TPSA) is 59.1 Å². The molecule has 1 aromatic carbocycles. The van der Waals surface area contributed by atoms with E-state index in [1.807, 2.05) is 24.3 Å². The Balaban J connectivity index is 2.07. The third kappa shape index (κ3) is 5.73. The van der Waals surface area contributed by atoms with Crippen LogP contribution in [0.15, 0.2) is 24.3 Å². The molecule has 3 N–H and O–H groups in total. The Morgan fingerprint density at radius 2 is 1.94 bits per heavy atom. The summed E-state index contributed by atoms with van der Waals surface area (Å²) in [5.41, 5.74) is 6.36. The van der Waals surface area contributed by atoms with Crippen molar-refractivity contribution in [2.45, 2.75) is 25.9 Å². The fourth-order valence-electron chi connectivity index (χ4n) is 1.29. The van der Waals surface area contributed by atoms with Gasteiger partial charge in [0, 0.05) is 18.1 Å². The predicted molar refractivity (Wildman–Crippen MR) is 66.9 cm³/mol. The van der Waals surface area contributed by atoms with Crippen molar-refractivity contribution in [3.63, 3.8) is 0 Å². The van der Waals surface area contributed by atoms with Crippen molar-refractivity contribution in [3.05, 3.63) is 34.9 Å². The minimum Gasteiger partial charge on any atom is -0.388 e. The van der Waals surface area contributed by atoms with E-state index in [-0.39, 0.29) is 5.84 Å². The molecule has 0 aliphatic heterocycles. The number of rotatable bonds is 7. The molecule has 0 radical (unpaired) electrons. The molecule has 0 aliphatic carbocycles. The number of halogens is 1. The van der Waals surface area contributed by atoms with E-state index < -0.39 is 0 Å². The molecule has 0 saturated carbocycles. The van der Waals surface area contributed by atoms with Gasteiger partial charge in [-0.1, -0.05) is 23.7 Å². The molecule has 0 bridgehead atoms. The molecule has 1 rings (SSSR count). The molecule has 0 aliphatic rings. The van der Waals surface area contributed by atoms with Crippen molar-refractivity contribution >= 4 is 17.4 Å². The highest BCUT2D eigenvalue weighted by Gasteiger charge is 1.95. The van der Waals surface area contributed by atoms with Crippen LogP contribution >= 0.6 is 11.6 Å². The Bertz CT molecular complexity index is 324. The largest absolute Gasteiger partial charge is 0.388 e. The summed E-state index contributed by atoms with van der Waals surface area (Å²) >= 11 is 5.77. The summed E-state index contributed by atoms with van der Waals surface area (Å²) in [6.07, 6.45) is 2.51. The van der Waals surface area contributed by atoms with Crippen molar-refractivity contribution in [2.24, 2.45) is 5.73 Å². The van der Waals surface area contributed by atoms with E-state index in [9.17, 15) is 0 Å². The number of nitrogens with one attached hydrogen (secondary N) is 1. The summed E-state index contributed by atoms with van der Waals surface area (Å²) in [4.78, 5) is 0. The second kappa shape index (κ2) is 7.25. The van der Waals surface area contributed by atoms with E-state index in [0.717, 1.165) is 23.4 Å². The average molecular weight is 241 g/mol. The smallest absolute Gasteiger partial charge is 0.0905 e. The minimum atomic E-state index is 0.248. The lowest BCUT2D eigenvalue weighted by atomic mass is 10.2. The summed E-state index contributed by atoms with van der Waals surface area (Å²) in [5.74, 6) is 0.248. The zero-order valence-electron chi connectivity index (χ0n) is 9.21. The zero-order valence-corrected chi connectivity index (χ0v) is 9.96. The van der Waals surface area contributed by atoms with Gasteiger partial charge in [0.2, 0.25) is 0 Å². The maximum atomic E-state index is 7.05. The van der Waals surface area contributed by atoms with Crippen LogP contribution in [0.2, 0.25) is 5.02 Å². The normalized spacial score (nSPS) is 10.3. The molecular weight excluding hydrogens is 224 g/mol. The van der Waals surface area contributed by atoms with E-state index in [2.05, 4.69) is 0 Å². The highest BCUT2D eigenvalue weighted by atomic mass is 35.5. The Labute approximate surface area is 101 Å². The van der Waals surface area contributed by atoms with Gasteiger partial charge in [-0.2, -0.15) is 0 Å². The van der Waals surface area contributed by atoms with Crippen molar-refractivity contribution in [1.29, 1.82) is 5.41 Å². The molecule has 1 aromatic rings. The van der Waals surface area contributed by atoms with Gasteiger partial charge in [0.15, 0.2) is 0 Å². The number of nitrogens with two attached hydrogens (primary N) is 1.